The molecule has 0 spiro atoms. The number of nitrogens with zero attached hydrogens (tertiary/aromatic N) is 1. The highest BCUT2D eigenvalue weighted by molar-refractivity contribution is 6.11. The van der Waals surface area contributed by atoms with Crippen LogP contribution in [0.25, 0.3) is 0 Å². The molecule has 1 aliphatic heterocycles. The average molecular weight is 319 g/mol. The molecule has 0 aliphatic carbocycles. The topological polar surface area (TPSA) is 72.9 Å². The van der Waals surface area contributed by atoms with Crippen LogP contribution in [0.3, 0.4) is 0 Å². The molecule has 1 aliphatic rings. The minimum absolute atomic E-state index is 0.242. The Labute approximate surface area is 135 Å². The van der Waals surface area contributed by atoms with Crippen molar-refractivity contribution in [2.75, 3.05) is 20.3 Å². The molecule has 1 aromatic rings. The van der Waals surface area contributed by atoms with Crippen LogP contribution in [0.1, 0.15) is 25.3 Å². The molecule has 2 rings (SSSR count). The summed E-state index contributed by atoms with van der Waals surface area (Å²) >= 11 is 0. The molecular weight excluding hydrogens is 298 g/mol. The zero-order valence-electron chi connectivity index (χ0n) is 13.4. The summed E-state index contributed by atoms with van der Waals surface area (Å²) in [5, 5.41) is 0. The summed E-state index contributed by atoms with van der Waals surface area (Å²) in [5.74, 6) is -1.45. The van der Waals surface area contributed by atoms with Crippen molar-refractivity contribution in [2.45, 2.75) is 31.9 Å². The molecule has 0 aromatic heterocycles. The molecule has 0 radical (unpaired) electrons. The van der Waals surface area contributed by atoms with Crippen molar-refractivity contribution in [3.63, 3.8) is 0 Å². The van der Waals surface area contributed by atoms with E-state index in [9.17, 15) is 14.4 Å². The van der Waals surface area contributed by atoms with Crippen molar-refractivity contribution in [3.05, 3.63) is 35.9 Å². The minimum Gasteiger partial charge on any atom is -0.467 e. The lowest BCUT2D eigenvalue weighted by Crippen LogP contribution is -2.59. The highest BCUT2D eigenvalue weighted by Crippen LogP contribution is 2.32. The first-order valence-electron chi connectivity index (χ1n) is 7.54. The van der Waals surface area contributed by atoms with E-state index in [2.05, 4.69) is 0 Å². The number of hydrogen-bond donors (Lipinski definition) is 0. The molecule has 1 saturated heterocycles. The number of hydrogen-bond acceptors (Lipinski definition) is 5. The number of carbonyl (C=O) groups excluding carboxylic acids is 3. The van der Waals surface area contributed by atoms with E-state index >= 15 is 0 Å². The smallest absolute Gasteiger partial charge is 0.339 e. The first-order valence-corrected chi connectivity index (χ1v) is 7.54. The number of ketones is 1. The SMILES string of the molecule is COC(=O)C1(C(=O)COCc2ccccc2)CCCN1C(C)=O. The van der Waals surface area contributed by atoms with Crippen molar-refractivity contribution in [1.82, 2.24) is 4.90 Å². The summed E-state index contributed by atoms with van der Waals surface area (Å²) < 4.78 is 10.2. The first-order chi connectivity index (χ1) is 11.0. The van der Waals surface area contributed by atoms with Gasteiger partial charge in [-0.25, -0.2) is 4.79 Å². The van der Waals surface area contributed by atoms with E-state index in [1.165, 1.54) is 18.9 Å². The van der Waals surface area contributed by atoms with Crippen LogP contribution in [0.2, 0.25) is 0 Å². The van der Waals surface area contributed by atoms with Crippen molar-refractivity contribution in [3.8, 4) is 0 Å². The Morgan fingerprint density at radius 2 is 1.91 bits per heavy atom. The van der Waals surface area contributed by atoms with Crippen molar-refractivity contribution >= 4 is 17.7 Å². The number of carbonyl (C=O) groups is 3. The summed E-state index contributed by atoms with van der Waals surface area (Å²) in [6.45, 7) is 1.74. The van der Waals surface area contributed by atoms with Gasteiger partial charge in [0, 0.05) is 13.5 Å². The van der Waals surface area contributed by atoms with E-state index in [-0.39, 0.29) is 25.5 Å². The van der Waals surface area contributed by atoms with Crippen LogP contribution in [0.15, 0.2) is 30.3 Å². The molecule has 1 aromatic carbocycles. The Morgan fingerprint density at radius 3 is 2.52 bits per heavy atom. The van der Waals surface area contributed by atoms with Crippen LogP contribution in [-0.4, -0.2) is 48.4 Å². The van der Waals surface area contributed by atoms with E-state index in [4.69, 9.17) is 9.47 Å². The number of Topliss-reactive ketones (excluding diaryl/α,β-unsaturated/α-hetero) is 1. The maximum absolute atomic E-state index is 12.7. The van der Waals surface area contributed by atoms with Crippen molar-refractivity contribution < 1.29 is 23.9 Å². The van der Waals surface area contributed by atoms with Gasteiger partial charge in [0.05, 0.1) is 13.7 Å². The maximum Gasteiger partial charge on any atom is 0.339 e. The molecule has 6 heteroatoms. The van der Waals surface area contributed by atoms with Crippen LogP contribution in [-0.2, 0) is 30.5 Å². The van der Waals surface area contributed by atoms with Crippen molar-refractivity contribution in [2.24, 2.45) is 0 Å². The summed E-state index contributed by atoms with van der Waals surface area (Å²) in [4.78, 5) is 38.0. The molecule has 0 saturated carbocycles. The number of esters is 1. The van der Waals surface area contributed by atoms with Gasteiger partial charge in [0.2, 0.25) is 11.4 Å². The van der Waals surface area contributed by atoms with Crippen molar-refractivity contribution in [1.29, 1.82) is 0 Å². The van der Waals surface area contributed by atoms with Crippen LogP contribution in [0, 0.1) is 0 Å². The fourth-order valence-corrected chi connectivity index (χ4v) is 2.99. The molecule has 1 heterocycles. The molecule has 1 fully saturated rings. The quantitative estimate of drug-likeness (QED) is 0.584. The minimum atomic E-state index is -1.54. The highest BCUT2D eigenvalue weighted by Gasteiger charge is 2.55. The lowest BCUT2D eigenvalue weighted by molar-refractivity contribution is -0.165. The number of ether oxygens (including phenoxy) is 2. The van der Waals surface area contributed by atoms with Gasteiger partial charge in [-0.2, -0.15) is 0 Å². The predicted molar refractivity (Wildman–Crippen MR) is 82.5 cm³/mol. The van der Waals surface area contributed by atoms with Gasteiger partial charge < -0.3 is 14.4 Å². The lowest BCUT2D eigenvalue weighted by atomic mass is 9.90. The Kier molecular flexibility index (Phi) is 5.50. The lowest BCUT2D eigenvalue weighted by Gasteiger charge is -2.33. The van der Waals surface area contributed by atoms with Gasteiger partial charge in [-0.1, -0.05) is 30.3 Å². The third-order valence-electron chi connectivity index (χ3n) is 4.09. The third kappa shape index (κ3) is 3.42. The summed E-state index contributed by atoms with van der Waals surface area (Å²) in [7, 11) is 1.22. The van der Waals surface area contributed by atoms with E-state index in [1.807, 2.05) is 30.3 Å². The Morgan fingerprint density at radius 1 is 1.22 bits per heavy atom. The Hall–Kier alpha value is -2.21. The van der Waals surface area contributed by atoms with Crippen LogP contribution in [0.5, 0.6) is 0 Å². The monoisotopic (exact) mass is 319 g/mol. The molecule has 0 N–H and O–H groups in total. The van der Waals surface area contributed by atoms with E-state index in [0.29, 0.717) is 13.0 Å². The van der Waals surface area contributed by atoms with Gasteiger partial charge in [0.25, 0.3) is 0 Å². The van der Waals surface area contributed by atoms with Gasteiger partial charge in [0.1, 0.15) is 6.61 Å². The molecule has 1 amide bonds. The standard InChI is InChI=1S/C17H21NO5/c1-13(19)18-10-6-9-17(18,16(21)22-2)15(20)12-23-11-14-7-4-3-5-8-14/h3-5,7-8H,6,9-12H2,1-2H3. The molecule has 23 heavy (non-hydrogen) atoms. The van der Waals surface area contributed by atoms with Crippen LogP contribution < -0.4 is 0 Å². The summed E-state index contributed by atoms with van der Waals surface area (Å²) in [5.41, 5.74) is -0.612. The molecular formula is C17H21NO5. The second-order valence-electron chi connectivity index (χ2n) is 5.53. The Bertz CT molecular complexity index is 586. The van der Waals surface area contributed by atoms with E-state index in [1.54, 1.807) is 0 Å². The molecule has 124 valence electrons. The third-order valence-corrected chi connectivity index (χ3v) is 4.09. The normalized spacial score (nSPS) is 20.3. The van der Waals surface area contributed by atoms with Gasteiger partial charge in [0.15, 0.2) is 5.78 Å². The number of methoxy groups -OCH3 is 1. The maximum atomic E-state index is 12.7. The number of rotatable bonds is 6. The molecule has 6 nitrogen and oxygen atoms in total. The number of amides is 1. The van der Waals surface area contributed by atoms with Crippen LogP contribution in [0.4, 0.5) is 0 Å². The van der Waals surface area contributed by atoms with E-state index in [0.717, 1.165) is 5.56 Å². The summed E-state index contributed by atoms with van der Waals surface area (Å²) in [6.07, 6.45) is 0.853. The summed E-state index contributed by atoms with van der Waals surface area (Å²) in [6, 6.07) is 9.43. The fourth-order valence-electron chi connectivity index (χ4n) is 2.99. The van der Waals surface area contributed by atoms with Crippen LogP contribution >= 0.6 is 0 Å². The molecule has 1 unspecified atom stereocenters. The zero-order valence-corrected chi connectivity index (χ0v) is 13.4. The number of benzene rings is 1. The number of likely N-dealkylation sites (tertiary alicyclic amines) is 1. The fraction of sp³-hybridized carbons (Fsp3) is 0.471. The molecule has 1 atom stereocenters. The van der Waals surface area contributed by atoms with Gasteiger partial charge in [-0.05, 0) is 18.4 Å². The first kappa shape index (κ1) is 17.1. The predicted octanol–water partition coefficient (Wildman–Crippen LogP) is 1.33. The largest absolute Gasteiger partial charge is 0.467 e. The van der Waals surface area contributed by atoms with Gasteiger partial charge >= 0.3 is 5.97 Å². The second kappa shape index (κ2) is 7.37. The zero-order chi connectivity index (χ0) is 16.9. The highest BCUT2D eigenvalue weighted by atomic mass is 16.5. The van der Waals surface area contributed by atoms with E-state index < -0.39 is 17.3 Å². The average Bonchev–Trinajstić information content (AvgIpc) is 3.01. The van der Waals surface area contributed by atoms with Gasteiger partial charge in [-0.3, -0.25) is 9.59 Å². The molecule has 0 bridgehead atoms. The Balaban J connectivity index is 2.08. The van der Waals surface area contributed by atoms with Gasteiger partial charge in [-0.15, -0.1) is 0 Å². The second-order valence-corrected chi connectivity index (χ2v) is 5.53.